The molecule has 2 heterocycles. The Bertz CT molecular complexity index is 739. The first-order valence-electron chi connectivity index (χ1n) is 7.20. The van der Waals surface area contributed by atoms with Gasteiger partial charge in [0.05, 0.1) is 21.3 Å². The summed E-state index contributed by atoms with van der Waals surface area (Å²) in [5.41, 5.74) is 0.669. The van der Waals surface area contributed by atoms with Gasteiger partial charge in [-0.2, -0.15) is 0 Å². The van der Waals surface area contributed by atoms with Crippen LogP contribution >= 0.6 is 34.3 Å². The molecular formula is C15H15ClN2O3S2. The Labute approximate surface area is 146 Å². The minimum absolute atomic E-state index is 0.0582. The summed E-state index contributed by atoms with van der Waals surface area (Å²) in [6.07, 6.45) is 1.88. The predicted molar refractivity (Wildman–Crippen MR) is 91.1 cm³/mol. The lowest BCUT2D eigenvalue weighted by Gasteiger charge is -2.26. The van der Waals surface area contributed by atoms with Crippen molar-refractivity contribution in [3.8, 4) is 9.88 Å². The van der Waals surface area contributed by atoms with Gasteiger partial charge in [0.1, 0.15) is 11.0 Å². The van der Waals surface area contributed by atoms with E-state index < -0.39 is 12.0 Å². The number of carboxylic acids is 1. The van der Waals surface area contributed by atoms with E-state index in [1.807, 2.05) is 17.5 Å². The molecule has 1 N–H and O–H groups in total. The lowest BCUT2D eigenvalue weighted by molar-refractivity contribution is -0.149. The molecule has 1 aliphatic rings. The first-order valence-corrected chi connectivity index (χ1v) is 9.27. The van der Waals surface area contributed by atoms with Crippen molar-refractivity contribution < 1.29 is 14.7 Å². The minimum atomic E-state index is -0.975. The zero-order valence-electron chi connectivity index (χ0n) is 12.4. The summed E-state index contributed by atoms with van der Waals surface area (Å²) in [4.78, 5) is 30.6. The molecule has 0 bridgehead atoms. The summed E-state index contributed by atoms with van der Waals surface area (Å²) in [6, 6.07) is 2.98. The number of carbonyl (C=O) groups is 2. The van der Waals surface area contributed by atoms with Crippen LogP contribution in [0, 0.1) is 0 Å². The van der Waals surface area contributed by atoms with Crippen molar-refractivity contribution in [3.05, 3.63) is 27.5 Å². The molecule has 1 unspecified atom stereocenters. The van der Waals surface area contributed by atoms with Gasteiger partial charge < -0.3 is 10.0 Å². The second-order valence-corrected chi connectivity index (χ2v) is 8.04. The smallest absolute Gasteiger partial charge is 0.326 e. The summed E-state index contributed by atoms with van der Waals surface area (Å²) < 4.78 is 0.697. The van der Waals surface area contributed by atoms with Crippen LogP contribution in [0.2, 0.25) is 4.34 Å². The Hall–Kier alpha value is -1.44. The Morgan fingerprint density at radius 1 is 1.48 bits per heavy atom. The fraction of sp³-hybridized carbons (Fsp3) is 0.400. The number of halogens is 1. The molecule has 1 aliphatic carbocycles. The zero-order valence-corrected chi connectivity index (χ0v) is 14.7. The monoisotopic (exact) mass is 370 g/mol. The van der Waals surface area contributed by atoms with Crippen molar-refractivity contribution in [2.24, 2.45) is 0 Å². The van der Waals surface area contributed by atoms with Crippen molar-refractivity contribution >= 4 is 46.2 Å². The number of carboxylic acid groups (broad SMARTS) is 1. The van der Waals surface area contributed by atoms with Gasteiger partial charge in [0.25, 0.3) is 0 Å². The summed E-state index contributed by atoms with van der Waals surface area (Å²) in [7, 11) is 0. The highest BCUT2D eigenvalue weighted by molar-refractivity contribution is 7.23. The number of thiazole rings is 1. The van der Waals surface area contributed by atoms with E-state index >= 15 is 0 Å². The molecule has 2 aromatic heterocycles. The molecule has 1 amide bonds. The standard InChI is InChI=1S/C15H15ClN2O3S2/c1-8(15(20)21)18(10-2-3-10)13(19)6-9-7-22-14(17-9)11-4-5-12(16)23-11/h4-5,7-8,10H,2-3,6H2,1H3,(H,20,21). The van der Waals surface area contributed by atoms with E-state index in [0.717, 1.165) is 22.7 Å². The number of hydrogen-bond acceptors (Lipinski definition) is 5. The second-order valence-electron chi connectivity index (χ2n) is 5.47. The highest BCUT2D eigenvalue weighted by atomic mass is 35.5. The van der Waals surface area contributed by atoms with Gasteiger partial charge in [-0.05, 0) is 31.9 Å². The molecule has 5 nitrogen and oxygen atoms in total. The van der Waals surface area contributed by atoms with Gasteiger partial charge in [-0.1, -0.05) is 11.6 Å². The van der Waals surface area contributed by atoms with Crippen LogP contribution in [0.25, 0.3) is 9.88 Å². The lowest BCUT2D eigenvalue weighted by atomic mass is 10.2. The third-order valence-electron chi connectivity index (χ3n) is 3.67. The molecule has 0 spiro atoms. The zero-order chi connectivity index (χ0) is 16.6. The SMILES string of the molecule is CC(C(=O)O)N(C(=O)Cc1csc(-c2ccc(Cl)s2)n1)C1CC1. The third kappa shape index (κ3) is 3.73. The molecular weight excluding hydrogens is 356 g/mol. The van der Waals surface area contributed by atoms with Crippen LogP contribution in [0.5, 0.6) is 0 Å². The molecule has 0 saturated heterocycles. The van der Waals surface area contributed by atoms with E-state index in [4.69, 9.17) is 11.6 Å². The maximum Gasteiger partial charge on any atom is 0.326 e. The average Bonchev–Trinajstić information content (AvgIpc) is 3.04. The van der Waals surface area contributed by atoms with Crippen LogP contribution in [0.1, 0.15) is 25.5 Å². The molecule has 122 valence electrons. The highest BCUT2D eigenvalue weighted by Crippen LogP contribution is 2.33. The van der Waals surface area contributed by atoms with Crippen molar-refractivity contribution in [1.29, 1.82) is 0 Å². The molecule has 0 aromatic carbocycles. The van der Waals surface area contributed by atoms with Crippen molar-refractivity contribution in [3.63, 3.8) is 0 Å². The Morgan fingerprint density at radius 2 is 2.22 bits per heavy atom. The molecule has 8 heteroatoms. The Balaban J connectivity index is 1.72. The van der Waals surface area contributed by atoms with E-state index in [1.54, 1.807) is 6.92 Å². The number of carbonyl (C=O) groups excluding carboxylic acids is 1. The molecule has 1 atom stereocenters. The summed E-state index contributed by atoms with van der Waals surface area (Å²) >= 11 is 8.83. The van der Waals surface area contributed by atoms with Gasteiger partial charge in [-0.15, -0.1) is 22.7 Å². The first-order chi connectivity index (χ1) is 11.0. The first kappa shape index (κ1) is 16.4. The highest BCUT2D eigenvalue weighted by Gasteiger charge is 2.38. The number of aliphatic carboxylic acids is 1. The normalized spacial score (nSPS) is 15.4. The number of rotatable bonds is 6. The van der Waals surface area contributed by atoms with E-state index in [1.165, 1.54) is 27.6 Å². The van der Waals surface area contributed by atoms with Gasteiger partial charge in [0.15, 0.2) is 0 Å². The Morgan fingerprint density at radius 3 is 2.78 bits per heavy atom. The van der Waals surface area contributed by atoms with E-state index in [0.29, 0.717) is 10.0 Å². The fourth-order valence-corrected chi connectivity index (χ4v) is 4.32. The molecule has 3 rings (SSSR count). The van der Waals surface area contributed by atoms with Crippen molar-refractivity contribution in [2.45, 2.75) is 38.3 Å². The topological polar surface area (TPSA) is 70.5 Å². The average molecular weight is 371 g/mol. The van der Waals surface area contributed by atoms with Crippen LogP contribution in [-0.2, 0) is 16.0 Å². The van der Waals surface area contributed by atoms with Gasteiger partial charge in [0, 0.05) is 11.4 Å². The maximum atomic E-state index is 12.5. The van der Waals surface area contributed by atoms with Crippen molar-refractivity contribution in [2.75, 3.05) is 0 Å². The summed E-state index contributed by atoms with van der Waals surface area (Å²) in [5, 5.41) is 11.9. The Kier molecular flexibility index (Phi) is 4.70. The number of thiophene rings is 1. The molecule has 2 aromatic rings. The van der Waals surface area contributed by atoms with Gasteiger partial charge in [-0.25, -0.2) is 9.78 Å². The molecule has 1 saturated carbocycles. The van der Waals surface area contributed by atoms with Crippen LogP contribution in [0.4, 0.5) is 0 Å². The largest absolute Gasteiger partial charge is 0.480 e. The quantitative estimate of drug-likeness (QED) is 0.844. The van der Waals surface area contributed by atoms with Gasteiger partial charge >= 0.3 is 5.97 Å². The third-order valence-corrected chi connectivity index (χ3v) is 5.96. The molecule has 1 fully saturated rings. The van der Waals surface area contributed by atoms with Gasteiger partial charge in [-0.3, -0.25) is 4.79 Å². The van der Waals surface area contributed by atoms with Crippen LogP contribution in [0.15, 0.2) is 17.5 Å². The lowest BCUT2D eigenvalue weighted by Crippen LogP contribution is -2.45. The molecule has 0 aliphatic heterocycles. The van der Waals surface area contributed by atoms with Crippen molar-refractivity contribution in [1.82, 2.24) is 9.88 Å². The van der Waals surface area contributed by atoms with Crippen LogP contribution in [-0.4, -0.2) is 39.0 Å². The van der Waals surface area contributed by atoms with E-state index in [-0.39, 0.29) is 18.4 Å². The van der Waals surface area contributed by atoms with Crippen LogP contribution in [0.3, 0.4) is 0 Å². The second kappa shape index (κ2) is 6.59. The predicted octanol–water partition coefficient (Wildman–Crippen LogP) is 3.53. The number of nitrogens with zero attached hydrogens (tertiary/aromatic N) is 2. The van der Waals surface area contributed by atoms with E-state index in [9.17, 15) is 14.7 Å². The molecule has 23 heavy (non-hydrogen) atoms. The van der Waals surface area contributed by atoms with Gasteiger partial charge in [0.2, 0.25) is 5.91 Å². The molecule has 0 radical (unpaired) electrons. The fourth-order valence-electron chi connectivity index (χ4n) is 2.38. The number of amides is 1. The number of hydrogen-bond donors (Lipinski definition) is 1. The van der Waals surface area contributed by atoms with E-state index in [2.05, 4.69) is 4.98 Å². The maximum absolute atomic E-state index is 12.5. The minimum Gasteiger partial charge on any atom is -0.480 e. The summed E-state index contributed by atoms with van der Waals surface area (Å²) in [5.74, 6) is -1.15. The number of aromatic nitrogens is 1. The van der Waals surface area contributed by atoms with Crippen LogP contribution < -0.4 is 0 Å². The summed E-state index contributed by atoms with van der Waals surface area (Å²) in [6.45, 7) is 1.55.